The molecule has 1 aromatic carbocycles. The standard InChI is InChI=1S/C17H20ClN5O/c1-10-5-13-8-14(6-10)22(13)17(24)20-12-4-3-11(2)15(7-12)23-19-9-16(18)21-23/h3-4,7,9-10,13-14H,5-6,8H2,1-2H3,(H,20,24)/t10?,13-,14?/m0/s1. The highest BCUT2D eigenvalue weighted by Crippen LogP contribution is 2.41. The maximum atomic E-state index is 12.6. The molecule has 1 N–H and O–H groups in total. The van der Waals surface area contributed by atoms with Crippen molar-refractivity contribution in [1.82, 2.24) is 19.9 Å². The molecule has 2 unspecified atom stereocenters. The molecule has 2 aliphatic rings. The highest BCUT2D eigenvalue weighted by Gasteiger charge is 2.46. The van der Waals surface area contributed by atoms with Gasteiger partial charge < -0.3 is 10.2 Å². The van der Waals surface area contributed by atoms with Crippen LogP contribution in [0.5, 0.6) is 0 Å². The fourth-order valence-corrected chi connectivity index (χ4v) is 4.04. The Morgan fingerprint density at radius 2 is 2.04 bits per heavy atom. The maximum Gasteiger partial charge on any atom is 0.322 e. The summed E-state index contributed by atoms with van der Waals surface area (Å²) in [5.41, 5.74) is 2.55. The van der Waals surface area contributed by atoms with Crippen molar-refractivity contribution >= 4 is 23.3 Å². The number of hydrogen-bond acceptors (Lipinski definition) is 3. The van der Waals surface area contributed by atoms with Crippen LogP contribution < -0.4 is 5.32 Å². The van der Waals surface area contributed by atoms with Gasteiger partial charge in [-0.05, 0) is 49.8 Å². The van der Waals surface area contributed by atoms with Crippen LogP contribution in [0.3, 0.4) is 0 Å². The zero-order chi connectivity index (χ0) is 16.8. The number of anilines is 1. The second-order valence-electron chi connectivity index (χ2n) is 6.92. The number of fused-ring (bicyclic) bond motifs is 2. The Morgan fingerprint density at radius 3 is 2.71 bits per heavy atom. The minimum Gasteiger partial charge on any atom is -0.318 e. The highest BCUT2D eigenvalue weighted by molar-refractivity contribution is 6.29. The monoisotopic (exact) mass is 345 g/mol. The van der Waals surface area contributed by atoms with Crippen molar-refractivity contribution in [3.63, 3.8) is 0 Å². The molecule has 2 bridgehead atoms. The van der Waals surface area contributed by atoms with Gasteiger partial charge in [0.05, 0.1) is 11.9 Å². The molecule has 126 valence electrons. The van der Waals surface area contributed by atoms with E-state index >= 15 is 0 Å². The smallest absolute Gasteiger partial charge is 0.318 e. The van der Waals surface area contributed by atoms with Crippen LogP contribution in [0.4, 0.5) is 10.5 Å². The Kier molecular flexibility index (Phi) is 3.72. The largest absolute Gasteiger partial charge is 0.322 e. The average molecular weight is 346 g/mol. The topological polar surface area (TPSA) is 63.1 Å². The lowest BCUT2D eigenvalue weighted by Crippen LogP contribution is -2.63. The molecule has 2 amide bonds. The third-order valence-corrected chi connectivity index (χ3v) is 5.23. The van der Waals surface area contributed by atoms with Crippen LogP contribution in [-0.4, -0.2) is 38.0 Å². The van der Waals surface area contributed by atoms with Crippen molar-refractivity contribution in [2.45, 2.75) is 45.2 Å². The number of halogens is 1. The predicted octanol–water partition coefficient (Wildman–Crippen LogP) is 3.63. The SMILES string of the molecule is Cc1ccc(NC(=O)N2C3CC(C)C[C@H]2C3)cc1-n1ncc(Cl)n1. The van der Waals surface area contributed by atoms with Crippen LogP contribution in [0, 0.1) is 12.8 Å². The Labute approximate surface area is 145 Å². The molecule has 2 fully saturated rings. The molecule has 4 rings (SSSR count). The quantitative estimate of drug-likeness (QED) is 0.903. The van der Waals surface area contributed by atoms with Gasteiger partial charge in [0, 0.05) is 17.8 Å². The molecule has 2 saturated heterocycles. The van der Waals surface area contributed by atoms with Crippen LogP contribution in [0.15, 0.2) is 24.4 Å². The summed E-state index contributed by atoms with van der Waals surface area (Å²) in [6.45, 7) is 4.24. The number of aryl methyl sites for hydroxylation is 1. The normalized spacial score (nSPS) is 25.3. The first-order valence-corrected chi connectivity index (χ1v) is 8.67. The molecule has 24 heavy (non-hydrogen) atoms. The average Bonchev–Trinajstić information content (AvgIpc) is 2.95. The van der Waals surface area contributed by atoms with Gasteiger partial charge in [-0.15, -0.1) is 9.90 Å². The molecule has 2 aliphatic heterocycles. The van der Waals surface area contributed by atoms with E-state index in [1.165, 1.54) is 11.0 Å². The number of carbonyl (C=O) groups excluding carboxylic acids is 1. The number of piperidine rings is 1. The number of benzene rings is 1. The molecule has 0 spiro atoms. The summed E-state index contributed by atoms with van der Waals surface area (Å²) in [5.74, 6) is 0.722. The number of urea groups is 1. The number of nitrogens with zero attached hydrogens (tertiary/aromatic N) is 4. The van der Waals surface area contributed by atoms with Gasteiger partial charge in [0.1, 0.15) is 0 Å². The van der Waals surface area contributed by atoms with Gasteiger partial charge in [-0.3, -0.25) is 0 Å². The van der Waals surface area contributed by atoms with Crippen molar-refractivity contribution in [3.05, 3.63) is 35.1 Å². The van der Waals surface area contributed by atoms with Crippen molar-refractivity contribution in [2.24, 2.45) is 5.92 Å². The number of carbonyl (C=O) groups is 1. The molecule has 1 aromatic heterocycles. The van der Waals surface area contributed by atoms with E-state index in [0.717, 1.165) is 42.1 Å². The molecule has 2 aromatic rings. The first kappa shape index (κ1) is 15.4. The van der Waals surface area contributed by atoms with Crippen molar-refractivity contribution in [2.75, 3.05) is 5.32 Å². The van der Waals surface area contributed by atoms with Crippen LogP contribution >= 0.6 is 11.6 Å². The van der Waals surface area contributed by atoms with Gasteiger partial charge in [-0.2, -0.15) is 5.10 Å². The Morgan fingerprint density at radius 1 is 1.29 bits per heavy atom. The fraction of sp³-hybridized carbons (Fsp3) is 0.471. The second-order valence-corrected chi connectivity index (χ2v) is 7.30. The van der Waals surface area contributed by atoms with Gasteiger partial charge >= 0.3 is 6.03 Å². The Balaban J connectivity index is 1.52. The number of rotatable bonds is 2. The van der Waals surface area contributed by atoms with Gasteiger partial charge in [0.25, 0.3) is 0 Å². The van der Waals surface area contributed by atoms with Crippen molar-refractivity contribution < 1.29 is 4.79 Å². The van der Waals surface area contributed by atoms with Gasteiger partial charge in [-0.25, -0.2) is 4.79 Å². The summed E-state index contributed by atoms with van der Waals surface area (Å²) >= 11 is 5.85. The maximum absolute atomic E-state index is 12.6. The molecule has 0 aliphatic carbocycles. The molecule has 6 nitrogen and oxygen atoms in total. The summed E-state index contributed by atoms with van der Waals surface area (Å²) in [4.78, 5) is 16.1. The van der Waals surface area contributed by atoms with Crippen molar-refractivity contribution in [1.29, 1.82) is 0 Å². The van der Waals surface area contributed by atoms with Crippen LogP contribution in [0.2, 0.25) is 5.15 Å². The Hall–Kier alpha value is -2.08. The van der Waals surface area contributed by atoms with Gasteiger partial charge in [-0.1, -0.05) is 24.6 Å². The van der Waals surface area contributed by atoms with E-state index in [4.69, 9.17) is 11.6 Å². The third-order valence-electron chi connectivity index (χ3n) is 5.05. The first-order chi connectivity index (χ1) is 11.5. The van der Waals surface area contributed by atoms with Gasteiger partial charge in [0.15, 0.2) is 5.15 Å². The van der Waals surface area contributed by atoms with E-state index in [1.807, 2.05) is 30.0 Å². The minimum atomic E-state index is -0.00981. The number of hydrogen-bond donors (Lipinski definition) is 1. The molecular formula is C17H20ClN5O. The van der Waals surface area contributed by atoms with Crippen molar-refractivity contribution in [3.8, 4) is 5.69 Å². The van der Waals surface area contributed by atoms with Crippen LogP contribution in [0.25, 0.3) is 5.69 Å². The zero-order valence-electron chi connectivity index (χ0n) is 13.7. The summed E-state index contributed by atoms with van der Waals surface area (Å²) in [7, 11) is 0. The Bertz CT molecular complexity index is 777. The summed E-state index contributed by atoms with van der Waals surface area (Å²) < 4.78 is 0. The van der Waals surface area contributed by atoms with E-state index in [1.54, 1.807) is 0 Å². The van der Waals surface area contributed by atoms with Gasteiger partial charge in [0.2, 0.25) is 0 Å². The summed E-state index contributed by atoms with van der Waals surface area (Å²) in [6, 6.07) is 6.51. The predicted molar refractivity (Wildman–Crippen MR) is 92.6 cm³/mol. The molecule has 0 saturated carbocycles. The van der Waals surface area contributed by atoms with E-state index in [9.17, 15) is 4.79 Å². The van der Waals surface area contributed by atoms with E-state index in [2.05, 4.69) is 22.4 Å². The summed E-state index contributed by atoms with van der Waals surface area (Å²) in [6.07, 6.45) is 4.86. The molecule has 0 radical (unpaired) electrons. The molecular weight excluding hydrogens is 326 g/mol. The number of aromatic nitrogens is 3. The van der Waals surface area contributed by atoms with Crippen LogP contribution in [0.1, 0.15) is 31.7 Å². The zero-order valence-corrected chi connectivity index (χ0v) is 14.5. The lowest BCUT2D eigenvalue weighted by atomic mass is 9.74. The molecule has 3 heterocycles. The molecule has 7 heteroatoms. The van der Waals surface area contributed by atoms with E-state index < -0.39 is 0 Å². The molecule has 3 atom stereocenters. The lowest BCUT2D eigenvalue weighted by Gasteiger charge is -2.54. The second kappa shape index (κ2) is 5.77. The van der Waals surface area contributed by atoms with Crippen LogP contribution in [-0.2, 0) is 0 Å². The third kappa shape index (κ3) is 2.65. The number of nitrogens with one attached hydrogen (secondary N) is 1. The fourth-order valence-electron chi connectivity index (χ4n) is 3.93. The number of amides is 2. The summed E-state index contributed by atoms with van der Waals surface area (Å²) in [5, 5.41) is 11.6. The first-order valence-electron chi connectivity index (χ1n) is 8.29. The minimum absolute atomic E-state index is 0.00981. The lowest BCUT2D eigenvalue weighted by molar-refractivity contribution is -0.00600. The van der Waals surface area contributed by atoms with E-state index in [-0.39, 0.29) is 6.03 Å². The highest BCUT2D eigenvalue weighted by atomic mass is 35.5. The van der Waals surface area contributed by atoms with E-state index in [0.29, 0.717) is 17.2 Å².